The number of halogens is 2. The van der Waals surface area contributed by atoms with E-state index in [4.69, 9.17) is 0 Å². The molecule has 1 aliphatic heterocycles. The van der Waals surface area contributed by atoms with E-state index < -0.39 is 19.0 Å². The van der Waals surface area contributed by atoms with Gasteiger partial charge in [-0.2, -0.15) is 0 Å². The van der Waals surface area contributed by atoms with Crippen LogP contribution in [0.25, 0.3) is 0 Å². The number of urea groups is 1. The predicted octanol–water partition coefficient (Wildman–Crippen LogP) is 1.98. The van der Waals surface area contributed by atoms with Gasteiger partial charge in [-0.05, 0) is 12.8 Å². The quantitative estimate of drug-likeness (QED) is 0.717. The van der Waals surface area contributed by atoms with Crippen LogP contribution in [0.2, 0.25) is 0 Å². The summed E-state index contributed by atoms with van der Waals surface area (Å²) in [5, 5.41) is 2.81. The summed E-state index contributed by atoms with van der Waals surface area (Å²) in [6, 6.07) is -0.131. The molecule has 1 N–H and O–H groups in total. The first kappa shape index (κ1) is 10.6. The maximum atomic E-state index is 12.5. The third-order valence-corrected chi connectivity index (χ3v) is 3.06. The number of nitrogens with one attached hydrogen (secondary N) is 1. The van der Waals surface area contributed by atoms with Crippen molar-refractivity contribution in [3.8, 4) is 0 Å². The minimum absolute atomic E-state index is 0.195. The lowest BCUT2D eigenvalue weighted by atomic mass is 9.95. The van der Waals surface area contributed by atoms with Gasteiger partial charge in [0.15, 0.2) is 0 Å². The summed E-state index contributed by atoms with van der Waals surface area (Å²) in [5.74, 6) is -2.66. The van der Waals surface area contributed by atoms with Crippen LogP contribution in [0.3, 0.4) is 0 Å². The molecule has 0 spiro atoms. The first-order valence-corrected chi connectivity index (χ1v) is 5.50. The van der Waals surface area contributed by atoms with Crippen LogP contribution >= 0.6 is 0 Å². The number of carbonyl (C=O) groups excluding carboxylic acids is 1. The van der Waals surface area contributed by atoms with Crippen molar-refractivity contribution in [2.45, 2.75) is 44.1 Å². The summed E-state index contributed by atoms with van der Waals surface area (Å²) in [7, 11) is 0. The Bertz CT molecular complexity index is 244. The molecule has 0 atom stereocenters. The Morgan fingerprint density at radius 1 is 1.20 bits per heavy atom. The average Bonchev–Trinajstić information content (AvgIpc) is 2.15. The van der Waals surface area contributed by atoms with E-state index >= 15 is 0 Å². The molecule has 15 heavy (non-hydrogen) atoms. The number of carbonyl (C=O) groups is 1. The molecule has 2 aliphatic rings. The van der Waals surface area contributed by atoms with E-state index in [1.807, 2.05) is 0 Å². The van der Waals surface area contributed by atoms with Crippen LogP contribution in [0.5, 0.6) is 0 Å². The zero-order chi connectivity index (χ0) is 10.9. The van der Waals surface area contributed by atoms with E-state index in [1.165, 1.54) is 11.3 Å². The fourth-order valence-electron chi connectivity index (χ4n) is 2.17. The molecule has 1 aliphatic carbocycles. The molecule has 0 aromatic rings. The fraction of sp³-hybridized carbons (Fsp3) is 0.900. The second-order valence-electron chi connectivity index (χ2n) is 4.50. The summed E-state index contributed by atoms with van der Waals surface area (Å²) >= 11 is 0. The second-order valence-corrected chi connectivity index (χ2v) is 4.50. The summed E-state index contributed by atoms with van der Waals surface area (Å²) in [6.07, 6.45) is 5.43. The molecule has 3 nitrogen and oxygen atoms in total. The minimum Gasteiger partial charge on any atom is -0.335 e. The number of rotatable bonds is 1. The van der Waals surface area contributed by atoms with Gasteiger partial charge in [-0.3, -0.25) is 0 Å². The maximum absolute atomic E-state index is 12.5. The minimum atomic E-state index is -2.66. The number of alkyl halides is 2. The molecular formula is C10H16F2N2O. The Kier molecular flexibility index (Phi) is 2.80. The van der Waals surface area contributed by atoms with Crippen molar-refractivity contribution < 1.29 is 13.6 Å². The molecule has 0 aromatic heterocycles. The molecule has 2 amide bonds. The van der Waals surface area contributed by atoms with Gasteiger partial charge in [-0.25, -0.2) is 13.6 Å². The lowest BCUT2D eigenvalue weighted by Crippen LogP contribution is -2.62. The number of amides is 2. The summed E-state index contributed by atoms with van der Waals surface area (Å²) in [5.41, 5.74) is 0. The first-order chi connectivity index (χ1) is 7.07. The van der Waals surface area contributed by atoms with Crippen molar-refractivity contribution in [3.63, 3.8) is 0 Å². The Balaban J connectivity index is 1.73. The molecule has 2 rings (SSSR count). The zero-order valence-electron chi connectivity index (χ0n) is 8.64. The van der Waals surface area contributed by atoms with Crippen LogP contribution < -0.4 is 5.32 Å². The highest BCUT2D eigenvalue weighted by molar-refractivity contribution is 5.75. The Morgan fingerprint density at radius 2 is 1.80 bits per heavy atom. The van der Waals surface area contributed by atoms with E-state index in [2.05, 4.69) is 5.32 Å². The van der Waals surface area contributed by atoms with Crippen LogP contribution in [-0.4, -0.2) is 36.0 Å². The monoisotopic (exact) mass is 218 g/mol. The van der Waals surface area contributed by atoms with Gasteiger partial charge in [0.05, 0.1) is 13.1 Å². The topological polar surface area (TPSA) is 32.3 Å². The molecule has 0 aromatic carbocycles. The predicted molar refractivity (Wildman–Crippen MR) is 51.9 cm³/mol. The molecule has 86 valence electrons. The SMILES string of the molecule is O=C(NC1CCCCC1)N1CC(F)(F)C1. The van der Waals surface area contributed by atoms with Crippen LogP contribution in [-0.2, 0) is 0 Å². The number of nitrogens with zero attached hydrogens (tertiary/aromatic N) is 1. The highest BCUT2D eigenvalue weighted by Crippen LogP contribution is 2.27. The lowest BCUT2D eigenvalue weighted by Gasteiger charge is -2.39. The number of likely N-dealkylation sites (tertiary alicyclic amines) is 1. The Labute approximate surface area is 87.8 Å². The van der Waals surface area contributed by atoms with Crippen molar-refractivity contribution in [1.82, 2.24) is 10.2 Å². The molecular weight excluding hydrogens is 202 g/mol. The second kappa shape index (κ2) is 3.94. The van der Waals surface area contributed by atoms with Gasteiger partial charge in [-0.1, -0.05) is 19.3 Å². The van der Waals surface area contributed by atoms with Crippen LogP contribution in [0, 0.1) is 0 Å². The van der Waals surface area contributed by atoms with Crippen molar-refractivity contribution >= 4 is 6.03 Å². The first-order valence-electron chi connectivity index (χ1n) is 5.50. The standard InChI is InChI=1S/C10H16F2N2O/c11-10(12)6-14(7-10)9(15)13-8-4-2-1-3-5-8/h8H,1-7H2,(H,13,15). The van der Waals surface area contributed by atoms with Gasteiger partial charge in [0.1, 0.15) is 0 Å². The maximum Gasteiger partial charge on any atom is 0.318 e. The lowest BCUT2D eigenvalue weighted by molar-refractivity contribution is -0.110. The Morgan fingerprint density at radius 3 is 2.33 bits per heavy atom. The molecule has 1 heterocycles. The molecule has 0 bridgehead atoms. The summed E-state index contributed by atoms with van der Waals surface area (Å²) < 4.78 is 25.0. The largest absolute Gasteiger partial charge is 0.335 e. The van der Waals surface area contributed by atoms with Crippen molar-refractivity contribution in [1.29, 1.82) is 0 Å². The average molecular weight is 218 g/mol. The normalized spacial score (nSPS) is 25.9. The van der Waals surface area contributed by atoms with Gasteiger partial charge < -0.3 is 10.2 Å². The van der Waals surface area contributed by atoms with E-state index in [-0.39, 0.29) is 12.1 Å². The molecule has 0 radical (unpaired) electrons. The van der Waals surface area contributed by atoms with Gasteiger partial charge in [0.25, 0.3) is 5.92 Å². The van der Waals surface area contributed by atoms with Crippen molar-refractivity contribution in [2.24, 2.45) is 0 Å². The van der Waals surface area contributed by atoms with E-state index in [9.17, 15) is 13.6 Å². The zero-order valence-corrected chi connectivity index (χ0v) is 8.64. The van der Waals surface area contributed by atoms with E-state index in [0.29, 0.717) is 0 Å². The van der Waals surface area contributed by atoms with Crippen molar-refractivity contribution in [2.75, 3.05) is 13.1 Å². The highest BCUT2D eigenvalue weighted by atomic mass is 19.3. The summed E-state index contributed by atoms with van der Waals surface area (Å²) in [4.78, 5) is 12.6. The fourth-order valence-corrected chi connectivity index (χ4v) is 2.17. The van der Waals surface area contributed by atoms with E-state index in [1.54, 1.807) is 0 Å². The number of hydrogen-bond acceptors (Lipinski definition) is 1. The van der Waals surface area contributed by atoms with Crippen LogP contribution in [0.15, 0.2) is 0 Å². The Hall–Kier alpha value is -0.870. The number of hydrogen-bond donors (Lipinski definition) is 1. The van der Waals surface area contributed by atoms with Crippen molar-refractivity contribution in [3.05, 3.63) is 0 Å². The molecule has 5 heteroatoms. The summed E-state index contributed by atoms with van der Waals surface area (Å²) in [6.45, 7) is -0.850. The van der Waals surface area contributed by atoms with Gasteiger partial charge >= 0.3 is 6.03 Å². The van der Waals surface area contributed by atoms with Gasteiger partial charge in [-0.15, -0.1) is 0 Å². The smallest absolute Gasteiger partial charge is 0.318 e. The molecule has 2 fully saturated rings. The van der Waals surface area contributed by atoms with Gasteiger partial charge in [0, 0.05) is 6.04 Å². The third kappa shape index (κ3) is 2.58. The highest BCUT2D eigenvalue weighted by Gasteiger charge is 2.46. The molecule has 1 saturated heterocycles. The molecule has 0 unspecified atom stereocenters. The third-order valence-electron chi connectivity index (χ3n) is 3.06. The van der Waals surface area contributed by atoms with Gasteiger partial charge in [0.2, 0.25) is 0 Å². The van der Waals surface area contributed by atoms with Crippen LogP contribution in [0.4, 0.5) is 13.6 Å². The molecule has 1 saturated carbocycles. The van der Waals surface area contributed by atoms with Crippen LogP contribution in [0.1, 0.15) is 32.1 Å². The van der Waals surface area contributed by atoms with E-state index in [0.717, 1.165) is 25.7 Å².